The van der Waals surface area contributed by atoms with Crippen LogP contribution in [-0.2, 0) is 62.4 Å². The highest BCUT2D eigenvalue weighted by atomic mass is 16.2. The second-order valence-corrected chi connectivity index (χ2v) is 20.6. The molecule has 15 N–H and O–H groups in total. The van der Waals surface area contributed by atoms with E-state index < -0.39 is 107 Å². The second kappa shape index (κ2) is 30.2. The molecule has 4 aromatic rings. The molecule has 0 radical (unpaired) electrons. The Balaban J connectivity index is 1.59. The SMILES string of the molecule is CCCCC(CCCC)(NC(=O)[C@@H](NC(=O)[C@H](C)NC(=O)[C@@H](Cc1c[nH]c2ccccc12)NC(=O)[C@H](CCC(N)=O)NC(=O)[C@H](N)Cc1ccccc1)C(C)C)C(=O)N[C@@H](Cc1cnc[nH]1)C(=O)N[C@@H](CC(C)C)C(N)=O. The molecule has 0 bridgehead atoms. The Bertz CT molecular complexity index is 2590. The zero-order chi connectivity index (χ0) is 56.8. The van der Waals surface area contributed by atoms with E-state index in [-0.39, 0.29) is 57.3 Å². The van der Waals surface area contributed by atoms with Gasteiger partial charge in [0.2, 0.25) is 53.2 Å². The van der Waals surface area contributed by atoms with Gasteiger partial charge in [-0.3, -0.25) is 43.2 Å². The average molecular weight is 1070 g/mol. The van der Waals surface area contributed by atoms with Crippen LogP contribution in [0.3, 0.4) is 0 Å². The van der Waals surface area contributed by atoms with Crippen molar-refractivity contribution in [2.45, 2.75) is 173 Å². The molecule has 7 atom stereocenters. The van der Waals surface area contributed by atoms with Gasteiger partial charge in [0.25, 0.3) is 0 Å². The summed E-state index contributed by atoms with van der Waals surface area (Å²) < 4.78 is 0. The number of hydrogen-bond donors (Lipinski definition) is 12. The van der Waals surface area contributed by atoms with Gasteiger partial charge in [-0.25, -0.2) is 4.98 Å². The Morgan fingerprint density at radius 1 is 0.636 bits per heavy atom. The van der Waals surface area contributed by atoms with Gasteiger partial charge in [0.15, 0.2) is 0 Å². The van der Waals surface area contributed by atoms with Crippen LogP contribution in [0.25, 0.3) is 10.9 Å². The summed E-state index contributed by atoms with van der Waals surface area (Å²) in [5, 5.41) is 20.1. The van der Waals surface area contributed by atoms with Crippen LogP contribution in [0.1, 0.15) is 123 Å². The molecule has 22 nitrogen and oxygen atoms in total. The van der Waals surface area contributed by atoms with Crippen LogP contribution < -0.4 is 54.4 Å². The Kier molecular flexibility index (Phi) is 24.3. The lowest BCUT2D eigenvalue weighted by Gasteiger charge is -2.37. The third kappa shape index (κ3) is 19.2. The second-order valence-electron chi connectivity index (χ2n) is 20.6. The Hall–Kier alpha value is -7.62. The lowest BCUT2D eigenvalue weighted by atomic mass is 9.84. The molecule has 22 heteroatoms. The first-order valence-electron chi connectivity index (χ1n) is 26.6. The van der Waals surface area contributed by atoms with Crippen molar-refractivity contribution in [3.63, 3.8) is 0 Å². The maximum atomic E-state index is 14.8. The number of aromatic nitrogens is 3. The van der Waals surface area contributed by atoms with Crippen molar-refractivity contribution in [2.75, 3.05) is 0 Å². The Morgan fingerprint density at radius 2 is 1.23 bits per heavy atom. The molecule has 0 aliphatic rings. The maximum absolute atomic E-state index is 14.8. The van der Waals surface area contributed by atoms with E-state index in [9.17, 15) is 43.2 Å². The van der Waals surface area contributed by atoms with Gasteiger partial charge in [-0.1, -0.05) is 116 Å². The van der Waals surface area contributed by atoms with E-state index in [0.29, 0.717) is 36.9 Å². The molecule has 420 valence electrons. The summed E-state index contributed by atoms with van der Waals surface area (Å²) in [7, 11) is 0. The number of benzene rings is 2. The van der Waals surface area contributed by atoms with Crippen molar-refractivity contribution in [3.05, 3.63) is 90.1 Å². The number of para-hydroxylation sites is 1. The van der Waals surface area contributed by atoms with Crippen molar-refractivity contribution in [3.8, 4) is 0 Å². The van der Waals surface area contributed by atoms with Gasteiger partial charge in [0.1, 0.15) is 41.8 Å². The number of nitrogens with two attached hydrogens (primary N) is 3. The number of amides is 9. The highest BCUT2D eigenvalue weighted by Gasteiger charge is 2.43. The third-order valence-corrected chi connectivity index (χ3v) is 13.4. The molecule has 2 aromatic heterocycles. The molecule has 0 unspecified atom stereocenters. The van der Waals surface area contributed by atoms with Crippen LogP contribution in [0.4, 0.5) is 0 Å². The highest BCUT2D eigenvalue weighted by molar-refractivity contribution is 5.99. The molecule has 0 fully saturated rings. The normalized spacial score (nSPS) is 14.3. The number of primary amides is 2. The molecular weight excluding hydrogens is 987 g/mol. The van der Waals surface area contributed by atoms with Gasteiger partial charge in [0.05, 0.1) is 12.4 Å². The predicted octanol–water partition coefficient (Wildman–Crippen LogP) is 1.86. The van der Waals surface area contributed by atoms with Crippen molar-refractivity contribution >= 4 is 64.1 Å². The van der Waals surface area contributed by atoms with E-state index >= 15 is 0 Å². The third-order valence-electron chi connectivity index (χ3n) is 13.4. The zero-order valence-corrected chi connectivity index (χ0v) is 45.5. The van der Waals surface area contributed by atoms with Crippen LogP contribution in [0, 0.1) is 11.8 Å². The van der Waals surface area contributed by atoms with Gasteiger partial charge in [-0.15, -0.1) is 0 Å². The van der Waals surface area contributed by atoms with Crippen LogP contribution >= 0.6 is 0 Å². The summed E-state index contributed by atoms with van der Waals surface area (Å²) in [6.45, 7) is 12.5. The first-order valence-corrected chi connectivity index (χ1v) is 26.6. The number of imidazole rings is 1. The fourth-order valence-electron chi connectivity index (χ4n) is 8.91. The number of nitrogens with zero attached hydrogens (tertiary/aromatic N) is 1. The zero-order valence-electron chi connectivity index (χ0n) is 45.5. The smallest absolute Gasteiger partial charge is 0.246 e. The molecule has 0 spiro atoms. The lowest BCUT2D eigenvalue weighted by Crippen LogP contribution is -2.66. The summed E-state index contributed by atoms with van der Waals surface area (Å²) in [6, 6.07) is 7.83. The van der Waals surface area contributed by atoms with Crippen LogP contribution in [-0.4, -0.2) is 116 Å². The summed E-state index contributed by atoms with van der Waals surface area (Å²) in [6.07, 6.45) is 7.12. The largest absolute Gasteiger partial charge is 0.370 e. The van der Waals surface area contributed by atoms with Crippen molar-refractivity contribution in [2.24, 2.45) is 29.0 Å². The number of nitrogens with one attached hydrogen (secondary N) is 9. The lowest BCUT2D eigenvalue weighted by molar-refractivity contribution is -0.139. The Morgan fingerprint density at radius 3 is 1.83 bits per heavy atom. The molecule has 4 rings (SSSR count). The van der Waals surface area contributed by atoms with E-state index in [1.54, 1.807) is 44.3 Å². The standard InChI is InChI=1S/C55H81N13O9/c1-8-10-23-55(24-11-9-2,54(77)66-44(28-37-30-59-31-61-37)52(75)64-42(47(58)70)25-32(3)4)68-53(76)46(33(5)6)67-48(71)34(7)62-51(74)43(27-36-29-60-40-20-16-15-19-38(36)40)65-50(73)41(21-22-45(57)69)63-49(72)39(56)26-35-17-13-12-14-18-35/h12-20,29-34,39,41-44,46,60H,8-11,21-28,56H2,1-7H3,(H2,57,69)(H2,58,70)(H,59,61)(H,62,74)(H,63,72)(H,64,75)(H,65,73)(H,66,77)(H,67,71)(H,68,76)/t34-,39+,41-,42-,43+,44-,46-/m0/s1. The predicted molar refractivity (Wildman–Crippen MR) is 292 cm³/mol. The van der Waals surface area contributed by atoms with Crippen LogP contribution in [0.2, 0.25) is 0 Å². The Labute approximate surface area is 450 Å². The van der Waals surface area contributed by atoms with Crippen molar-refractivity contribution < 1.29 is 43.2 Å². The first-order chi connectivity index (χ1) is 36.6. The minimum absolute atomic E-state index is 0.00609. The monoisotopic (exact) mass is 1070 g/mol. The van der Waals surface area contributed by atoms with Gasteiger partial charge >= 0.3 is 0 Å². The number of H-pyrrole nitrogens is 2. The van der Waals surface area contributed by atoms with E-state index in [2.05, 4.69) is 52.2 Å². The number of rotatable bonds is 33. The molecule has 2 aromatic carbocycles. The van der Waals surface area contributed by atoms with E-state index in [1.165, 1.54) is 19.4 Å². The minimum atomic E-state index is -1.57. The minimum Gasteiger partial charge on any atom is -0.370 e. The summed E-state index contributed by atoms with van der Waals surface area (Å²) in [5.41, 5.74) is 18.5. The molecule has 77 heavy (non-hydrogen) atoms. The van der Waals surface area contributed by atoms with Crippen LogP contribution in [0.15, 0.2) is 73.3 Å². The van der Waals surface area contributed by atoms with Crippen LogP contribution in [0.5, 0.6) is 0 Å². The van der Waals surface area contributed by atoms with Crippen molar-refractivity contribution in [1.29, 1.82) is 0 Å². The molecule has 0 saturated heterocycles. The molecule has 0 saturated carbocycles. The van der Waals surface area contributed by atoms with E-state index in [1.807, 2.05) is 58.0 Å². The number of aromatic amines is 2. The molecule has 9 amide bonds. The molecule has 0 aliphatic heterocycles. The van der Waals surface area contributed by atoms with Gasteiger partial charge in [-0.2, -0.15) is 0 Å². The van der Waals surface area contributed by atoms with Gasteiger partial charge in [0, 0.05) is 48.3 Å². The molecule has 0 aliphatic carbocycles. The number of hydrogen-bond acceptors (Lipinski definition) is 11. The number of carbonyl (C=O) groups is 9. The fourth-order valence-corrected chi connectivity index (χ4v) is 8.91. The van der Waals surface area contributed by atoms with E-state index in [4.69, 9.17) is 17.2 Å². The highest BCUT2D eigenvalue weighted by Crippen LogP contribution is 2.25. The van der Waals surface area contributed by atoms with Gasteiger partial charge < -0.3 is 64.4 Å². The topological polar surface area (TPSA) is 360 Å². The number of carbonyl (C=O) groups excluding carboxylic acids is 9. The summed E-state index contributed by atoms with van der Waals surface area (Å²) >= 11 is 0. The van der Waals surface area contributed by atoms with E-state index in [0.717, 1.165) is 16.5 Å². The number of unbranched alkanes of at least 4 members (excludes halogenated alkanes) is 2. The average Bonchev–Trinajstić information content (AvgIpc) is 4.06. The fraction of sp³-hybridized carbons (Fsp3) is 0.527. The quantitative estimate of drug-likeness (QED) is 0.0327. The van der Waals surface area contributed by atoms with Gasteiger partial charge in [-0.05, 0) is 68.1 Å². The van der Waals surface area contributed by atoms with Crippen molar-refractivity contribution in [1.82, 2.24) is 52.2 Å². The molecular formula is C55H81N13O9. The number of fused-ring (bicyclic) bond motifs is 1. The maximum Gasteiger partial charge on any atom is 0.246 e. The first kappa shape index (κ1) is 61.9. The summed E-state index contributed by atoms with van der Waals surface area (Å²) in [5.74, 6) is -7.03. The summed E-state index contributed by atoms with van der Waals surface area (Å²) in [4.78, 5) is 134. The molecule has 2 heterocycles.